The van der Waals surface area contributed by atoms with Gasteiger partial charge in [0.15, 0.2) is 12.4 Å². The molecule has 0 aliphatic heterocycles. The van der Waals surface area contributed by atoms with Crippen molar-refractivity contribution in [2.24, 2.45) is 0 Å². The minimum absolute atomic E-state index is 0.0234. The molecule has 0 saturated carbocycles. The van der Waals surface area contributed by atoms with Gasteiger partial charge in [-0.2, -0.15) is 0 Å². The van der Waals surface area contributed by atoms with E-state index in [1.165, 1.54) is 0 Å². The van der Waals surface area contributed by atoms with Crippen LogP contribution in [0.15, 0.2) is 40.8 Å². The molecule has 6 heteroatoms. The standard InChI is InChI=1S/C16H18N2O4/c1-11-3-8-14(22-11)16(20)18-9-12-4-6-13(7-5-12)21-10-15(19)17-2/h3-8H,9-10H2,1-2H3,(H,17,19)(H,18,20). The van der Waals surface area contributed by atoms with E-state index in [0.717, 1.165) is 5.56 Å². The number of amides is 2. The molecule has 116 valence electrons. The Morgan fingerprint density at radius 3 is 2.45 bits per heavy atom. The molecule has 0 atom stereocenters. The first-order chi connectivity index (χ1) is 10.6. The van der Waals surface area contributed by atoms with E-state index in [4.69, 9.17) is 9.15 Å². The van der Waals surface area contributed by atoms with Crippen molar-refractivity contribution in [3.8, 4) is 5.75 Å². The summed E-state index contributed by atoms with van der Waals surface area (Å²) in [7, 11) is 1.55. The average molecular weight is 302 g/mol. The molecule has 2 amide bonds. The van der Waals surface area contributed by atoms with E-state index in [2.05, 4.69) is 10.6 Å². The van der Waals surface area contributed by atoms with Crippen LogP contribution in [0.1, 0.15) is 21.9 Å². The highest BCUT2D eigenvalue weighted by atomic mass is 16.5. The minimum Gasteiger partial charge on any atom is -0.484 e. The number of furan rings is 1. The van der Waals surface area contributed by atoms with Gasteiger partial charge in [0.05, 0.1) is 0 Å². The highest BCUT2D eigenvalue weighted by Gasteiger charge is 2.09. The van der Waals surface area contributed by atoms with Crippen LogP contribution in [0.2, 0.25) is 0 Å². The first kappa shape index (κ1) is 15.6. The molecule has 0 unspecified atom stereocenters. The highest BCUT2D eigenvalue weighted by molar-refractivity contribution is 5.91. The summed E-state index contributed by atoms with van der Waals surface area (Å²) in [5, 5.41) is 5.25. The molecule has 0 aliphatic carbocycles. The molecule has 0 radical (unpaired) electrons. The van der Waals surface area contributed by atoms with Crippen molar-refractivity contribution in [1.29, 1.82) is 0 Å². The van der Waals surface area contributed by atoms with Gasteiger partial charge in [0.1, 0.15) is 11.5 Å². The normalized spacial score (nSPS) is 10.1. The molecule has 2 aromatic rings. The third-order valence-electron chi connectivity index (χ3n) is 2.99. The van der Waals surface area contributed by atoms with Gasteiger partial charge in [-0.05, 0) is 36.8 Å². The molecular formula is C16H18N2O4. The third kappa shape index (κ3) is 4.37. The molecule has 0 spiro atoms. The maximum Gasteiger partial charge on any atom is 0.287 e. The number of hydrogen-bond donors (Lipinski definition) is 2. The summed E-state index contributed by atoms with van der Waals surface area (Å²) in [6.07, 6.45) is 0. The number of likely N-dealkylation sites (N-methyl/N-ethyl adjacent to an activating group) is 1. The molecule has 0 aliphatic rings. The highest BCUT2D eigenvalue weighted by Crippen LogP contribution is 2.12. The van der Waals surface area contributed by atoms with Gasteiger partial charge in [-0.3, -0.25) is 9.59 Å². The van der Waals surface area contributed by atoms with Crippen LogP contribution in [0.3, 0.4) is 0 Å². The Hall–Kier alpha value is -2.76. The summed E-state index contributed by atoms with van der Waals surface area (Å²) in [4.78, 5) is 22.9. The van der Waals surface area contributed by atoms with Crippen LogP contribution in [0, 0.1) is 6.92 Å². The zero-order chi connectivity index (χ0) is 15.9. The van der Waals surface area contributed by atoms with Crippen LogP contribution in [-0.2, 0) is 11.3 Å². The molecule has 22 heavy (non-hydrogen) atoms. The fraction of sp³-hybridized carbons (Fsp3) is 0.250. The second kappa shape index (κ2) is 7.31. The predicted octanol–water partition coefficient (Wildman–Crippen LogP) is 1.64. The number of rotatable bonds is 6. The number of benzene rings is 1. The van der Waals surface area contributed by atoms with Gasteiger partial charge in [0.25, 0.3) is 11.8 Å². The van der Waals surface area contributed by atoms with E-state index < -0.39 is 0 Å². The number of aryl methyl sites for hydroxylation is 1. The van der Waals surface area contributed by atoms with Crippen molar-refractivity contribution in [3.05, 3.63) is 53.5 Å². The minimum atomic E-state index is -0.256. The van der Waals surface area contributed by atoms with E-state index in [0.29, 0.717) is 23.8 Å². The van der Waals surface area contributed by atoms with Crippen LogP contribution < -0.4 is 15.4 Å². The van der Waals surface area contributed by atoms with Gasteiger partial charge >= 0.3 is 0 Å². The Labute approximate surface area is 128 Å². The zero-order valence-corrected chi connectivity index (χ0v) is 12.5. The lowest BCUT2D eigenvalue weighted by molar-refractivity contribution is -0.122. The van der Waals surface area contributed by atoms with Crippen molar-refractivity contribution < 1.29 is 18.7 Å². The number of nitrogens with one attached hydrogen (secondary N) is 2. The lowest BCUT2D eigenvalue weighted by Gasteiger charge is -2.07. The first-order valence-corrected chi connectivity index (χ1v) is 6.85. The Morgan fingerprint density at radius 2 is 1.86 bits per heavy atom. The number of ether oxygens (including phenoxy) is 1. The third-order valence-corrected chi connectivity index (χ3v) is 2.99. The Morgan fingerprint density at radius 1 is 1.14 bits per heavy atom. The van der Waals surface area contributed by atoms with Crippen LogP contribution in [-0.4, -0.2) is 25.5 Å². The van der Waals surface area contributed by atoms with Crippen LogP contribution >= 0.6 is 0 Å². The molecule has 2 rings (SSSR count). The number of hydrogen-bond acceptors (Lipinski definition) is 4. The van der Waals surface area contributed by atoms with E-state index in [9.17, 15) is 9.59 Å². The maximum atomic E-state index is 11.8. The fourth-order valence-corrected chi connectivity index (χ4v) is 1.75. The van der Waals surface area contributed by atoms with Gasteiger partial charge in [-0.1, -0.05) is 12.1 Å². The summed E-state index contributed by atoms with van der Waals surface area (Å²) in [6.45, 7) is 2.15. The molecule has 2 N–H and O–H groups in total. The van der Waals surface area contributed by atoms with E-state index >= 15 is 0 Å². The lowest BCUT2D eigenvalue weighted by atomic mass is 10.2. The molecule has 6 nitrogen and oxygen atoms in total. The Bertz CT molecular complexity index is 646. The Kier molecular flexibility index (Phi) is 5.19. The molecule has 0 fully saturated rings. The second-order valence-electron chi connectivity index (χ2n) is 4.70. The van der Waals surface area contributed by atoms with Crippen molar-refractivity contribution in [3.63, 3.8) is 0 Å². The lowest BCUT2D eigenvalue weighted by Crippen LogP contribution is -2.24. The number of carbonyl (C=O) groups excluding carboxylic acids is 2. The molecule has 1 aromatic heterocycles. The largest absolute Gasteiger partial charge is 0.484 e. The molecule has 0 saturated heterocycles. The summed E-state index contributed by atoms with van der Waals surface area (Å²) in [6, 6.07) is 10.5. The first-order valence-electron chi connectivity index (χ1n) is 6.85. The second-order valence-corrected chi connectivity index (χ2v) is 4.70. The monoisotopic (exact) mass is 302 g/mol. The van der Waals surface area contributed by atoms with Crippen LogP contribution in [0.4, 0.5) is 0 Å². The van der Waals surface area contributed by atoms with Gasteiger partial charge in [-0.25, -0.2) is 0 Å². The summed E-state index contributed by atoms with van der Waals surface area (Å²) >= 11 is 0. The summed E-state index contributed by atoms with van der Waals surface area (Å²) < 4.78 is 10.5. The summed E-state index contributed by atoms with van der Waals surface area (Å²) in [5.74, 6) is 1.14. The Balaban J connectivity index is 1.83. The van der Waals surface area contributed by atoms with Gasteiger partial charge in [-0.15, -0.1) is 0 Å². The van der Waals surface area contributed by atoms with Gasteiger partial charge < -0.3 is 19.8 Å². The fourth-order valence-electron chi connectivity index (χ4n) is 1.75. The van der Waals surface area contributed by atoms with E-state index in [-0.39, 0.29) is 18.4 Å². The predicted molar refractivity (Wildman–Crippen MR) is 80.6 cm³/mol. The average Bonchev–Trinajstić information content (AvgIpc) is 2.97. The molecule has 1 heterocycles. The SMILES string of the molecule is CNC(=O)COc1ccc(CNC(=O)c2ccc(C)o2)cc1. The zero-order valence-electron chi connectivity index (χ0n) is 12.5. The van der Waals surface area contributed by atoms with Crippen molar-refractivity contribution in [1.82, 2.24) is 10.6 Å². The van der Waals surface area contributed by atoms with Crippen LogP contribution in [0.25, 0.3) is 0 Å². The van der Waals surface area contributed by atoms with E-state index in [1.54, 1.807) is 38.2 Å². The van der Waals surface area contributed by atoms with Crippen molar-refractivity contribution >= 4 is 11.8 Å². The smallest absolute Gasteiger partial charge is 0.287 e. The maximum absolute atomic E-state index is 11.8. The van der Waals surface area contributed by atoms with Crippen molar-refractivity contribution in [2.45, 2.75) is 13.5 Å². The quantitative estimate of drug-likeness (QED) is 0.850. The topological polar surface area (TPSA) is 80.6 Å². The van der Waals surface area contributed by atoms with Crippen LogP contribution in [0.5, 0.6) is 5.75 Å². The van der Waals surface area contributed by atoms with E-state index in [1.807, 2.05) is 12.1 Å². The molecule has 0 bridgehead atoms. The number of carbonyl (C=O) groups is 2. The van der Waals surface area contributed by atoms with Gasteiger partial charge in [0, 0.05) is 13.6 Å². The van der Waals surface area contributed by atoms with Gasteiger partial charge in [0.2, 0.25) is 0 Å². The van der Waals surface area contributed by atoms with Crippen molar-refractivity contribution in [2.75, 3.05) is 13.7 Å². The molecule has 1 aromatic carbocycles. The molecular weight excluding hydrogens is 284 g/mol. The summed E-state index contributed by atoms with van der Waals surface area (Å²) in [5.41, 5.74) is 0.920.